The van der Waals surface area contributed by atoms with Gasteiger partial charge in [0.2, 0.25) is 0 Å². The normalized spacial score (nSPS) is 22.2. The predicted molar refractivity (Wildman–Crippen MR) is 68.1 cm³/mol. The van der Waals surface area contributed by atoms with Crippen LogP contribution in [0.25, 0.3) is 0 Å². The van der Waals surface area contributed by atoms with Crippen LogP contribution in [0.3, 0.4) is 0 Å². The molecule has 1 heterocycles. The maximum Gasteiger partial charge on any atom is 0.0698 e. The molecule has 1 aliphatic carbocycles. The summed E-state index contributed by atoms with van der Waals surface area (Å²) in [5.74, 6) is 0.870. The summed E-state index contributed by atoms with van der Waals surface area (Å²) in [5, 5.41) is 12.1. The van der Waals surface area contributed by atoms with Crippen molar-refractivity contribution < 1.29 is 9.84 Å². The van der Waals surface area contributed by atoms with E-state index >= 15 is 0 Å². The first kappa shape index (κ1) is 13.3. The molecule has 0 atom stereocenters. The number of nitrogens with zero attached hydrogens (tertiary/aromatic N) is 1. The molecule has 2 fully saturated rings. The van der Waals surface area contributed by atoms with E-state index in [2.05, 4.69) is 10.2 Å². The quantitative estimate of drug-likeness (QED) is 0.607. The lowest BCUT2D eigenvalue weighted by molar-refractivity contribution is 0.0664. The zero-order valence-corrected chi connectivity index (χ0v) is 10.7. The molecule has 0 unspecified atom stereocenters. The molecule has 0 amide bonds. The summed E-state index contributed by atoms with van der Waals surface area (Å²) >= 11 is 0. The summed E-state index contributed by atoms with van der Waals surface area (Å²) < 4.78 is 5.38. The molecule has 2 rings (SSSR count). The van der Waals surface area contributed by atoms with Crippen molar-refractivity contribution in [2.45, 2.75) is 31.7 Å². The van der Waals surface area contributed by atoms with Gasteiger partial charge in [0, 0.05) is 19.1 Å². The third kappa shape index (κ3) is 4.92. The fourth-order valence-electron chi connectivity index (χ4n) is 2.61. The molecule has 4 nitrogen and oxygen atoms in total. The van der Waals surface area contributed by atoms with Gasteiger partial charge in [0.25, 0.3) is 0 Å². The molecule has 1 saturated carbocycles. The monoisotopic (exact) mass is 242 g/mol. The lowest BCUT2D eigenvalue weighted by Gasteiger charge is -2.30. The van der Waals surface area contributed by atoms with Crippen molar-refractivity contribution >= 4 is 0 Å². The number of ether oxygens (including phenoxy) is 1. The topological polar surface area (TPSA) is 44.7 Å². The van der Waals surface area contributed by atoms with Crippen molar-refractivity contribution in [2.75, 3.05) is 46.0 Å². The maximum absolute atomic E-state index is 8.67. The van der Waals surface area contributed by atoms with Crippen LogP contribution in [0.2, 0.25) is 0 Å². The second kappa shape index (κ2) is 7.31. The highest BCUT2D eigenvalue weighted by atomic mass is 16.5. The summed E-state index contributed by atoms with van der Waals surface area (Å²) in [6.45, 7) is 6.03. The van der Waals surface area contributed by atoms with E-state index in [1.54, 1.807) is 0 Å². The molecule has 0 spiro atoms. The van der Waals surface area contributed by atoms with Crippen molar-refractivity contribution in [3.8, 4) is 0 Å². The minimum absolute atomic E-state index is 0.137. The summed E-state index contributed by atoms with van der Waals surface area (Å²) in [6.07, 6.45) is 5.37. The molecule has 0 aromatic rings. The molecule has 0 radical (unpaired) electrons. The number of hydrogen-bond acceptors (Lipinski definition) is 4. The molecule has 2 N–H and O–H groups in total. The third-order valence-electron chi connectivity index (χ3n) is 3.77. The Balaban J connectivity index is 1.65. The Hall–Kier alpha value is -0.160. The lowest BCUT2D eigenvalue weighted by atomic mass is 9.97. The van der Waals surface area contributed by atoms with E-state index in [9.17, 15) is 0 Å². The smallest absolute Gasteiger partial charge is 0.0698 e. The van der Waals surface area contributed by atoms with E-state index in [0.29, 0.717) is 6.61 Å². The molecule has 0 bridgehead atoms. The number of hydrogen-bond donors (Lipinski definition) is 2. The molecule has 100 valence electrons. The zero-order valence-electron chi connectivity index (χ0n) is 10.7. The van der Waals surface area contributed by atoms with Gasteiger partial charge in [0.1, 0.15) is 0 Å². The summed E-state index contributed by atoms with van der Waals surface area (Å²) in [7, 11) is 0. The molecule has 1 saturated heterocycles. The van der Waals surface area contributed by atoms with Crippen molar-refractivity contribution in [1.82, 2.24) is 10.2 Å². The second-order valence-electron chi connectivity index (χ2n) is 5.26. The van der Waals surface area contributed by atoms with Gasteiger partial charge >= 0.3 is 0 Å². The first-order chi connectivity index (χ1) is 8.40. The third-order valence-corrected chi connectivity index (χ3v) is 3.77. The molecule has 1 aliphatic heterocycles. The van der Waals surface area contributed by atoms with E-state index in [-0.39, 0.29) is 6.61 Å². The van der Waals surface area contributed by atoms with E-state index in [4.69, 9.17) is 9.84 Å². The van der Waals surface area contributed by atoms with E-state index < -0.39 is 0 Å². The summed E-state index contributed by atoms with van der Waals surface area (Å²) in [6, 6.07) is 0.822. The Kier molecular flexibility index (Phi) is 5.71. The highest BCUT2D eigenvalue weighted by Gasteiger charge is 2.30. The Morgan fingerprint density at radius 1 is 1.12 bits per heavy atom. The average Bonchev–Trinajstić information content (AvgIpc) is 3.19. The van der Waals surface area contributed by atoms with Crippen LogP contribution in [0.4, 0.5) is 0 Å². The fourth-order valence-corrected chi connectivity index (χ4v) is 2.61. The minimum Gasteiger partial charge on any atom is -0.394 e. The minimum atomic E-state index is 0.137. The summed E-state index contributed by atoms with van der Waals surface area (Å²) in [5.41, 5.74) is 0. The van der Waals surface area contributed by atoms with Crippen LogP contribution in [0.5, 0.6) is 0 Å². The van der Waals surface area contributed by atoms with Crippen LogP contribution < -0.4 is 5.32 Å². The number of rotatable bonds is 8. The van der Waals surface area contributed by atoms with Gasteiger partial charge in [0.05, 0.1) is 19.8 Å². The van der Waals surface area contributed by atoms with Gasteiger partial charge in [-0.1, -0.05) is 0 Å². The van der Waals surface area contributed by atoms with Crippen LogP contribution in [0.1, 0.15) is 25.7 Å². The molecule has 0 aromatic heterocycles. The van der Waals surface area contributed by atoms with Gasteiger partial charge in [-0.3, -0.25) is 4.90 Å². The predicted octanol–water partition coefficient (Wildman–Crippen LogP) is 0.459. The maximum atomic E-state index is 8.67. The highest BCUT2D eigenvalue weighted by Crippen LogP contribution is 2.28. The first-order valence-corrected chi connectivity index (χ1v) is 7.03. The van der Waals surface area contributed by atoms with Gasteiger partial charge in [-0.05, 0) is 44.7 Å². The lowest BCUT2D eigenvalue weighted by Crippen LogP contribution is -2.38. The summed E-state index contributed by atoms with van der Waals surface area (Å²) in [4.78, 5) is 2.60. The molecular weight excluding hydrogens is 216 g/mol. The number of aliphatic hydroxyl groups excluding tert-OH is 1. The van der Waals surface area contributed by atoms with Crippen LogP contribution >= 0.6 is 0 Å². The van der Waals surface area contributed by atoms with Crippen LogP contribution in [0, 0.1) is 5.92 Å². The number of nitrogens with one attached hydrogen (secondary N) is 1. The van der Waals surface area contributed by atoms with Crippen molar-refractivity contribution in [3.63, 3.8) is 0 Å². The van der Waals surface area contributed by atoms with Crippen LogP contribution in [0.15, 0.2) is 0 Å². The van der Waals surface area contributed by atoms with Crippen molar-refractivity contribution in [3.05, 3.63) is 0 Å². The van der Waals surface area contributed by atoms with Gasteiger partial charge in [0.15, 0.2) is 0 Å². The van der Waals surface area contributed by atoms with Gasteiger partial charge in [-0.15, -0.1) is 0 Å². The van der Waals surface area contributed by atoms with E-state index in [1.807, 2.05) is 0 Å². The molecule has 4 heteroatoms. The van der Waals surface area contributed by atoms with E-state index in [1.165, 1.54) is 45.3 Å². The molecule has 2 aliphatic rings. The first-order valence-electron chi connectivity index (χ1n) is 7.03. The molecule has 17 heavy (non-hydrogen) atoms. The van der Waals surface area contributed by atoms with Crippen LogP contribution in [-0.2, 0) is 4.74 Å². The highest BCUT2D eigenvalue weighted by molar-refractivity contribution is 4.86. The second-order valence-corrected chi connectivity index (χ2v) is 5.26. The SMILES string of the molecule is OCCOCCN(CC1CCNCC1)C1CC1. The van der Waals surface area contributed by atoms with Gasteiger partial charge in [-0.2, -0.15) is 0 Å². The van der Waals surface area contributed by atoms with Gasteiger partial charge < -0.3 is 15.2 Å². The zero-order chi connectivity index (χ0) is 11.9. The van der Waals surface area contributed by atoms with Crippen molar-refractivity contribution in [1.29, 1.82) is 0 Å². The van der Waals surface area contributed by atoms with Crippen LogP contribution in [-0.4, -0.2) is 62.0 Å². The fraction of sp³-hybridized carbons (Fsp3) is 1.00. The Morgan fingerprint density at radius 3 is 2.53 bits per heavy atom. The Labute approximate surface area is 104 Å². The molecule has 0 aromatic carbocycles. The standard InChI is InChI=1S/C13H26N2O2/c16-8-10-17-9-7-15(13-1-2-13)11-12-3-5-14-6-4-12/h12-14,16H,1-11H2. The number of aliphatic hydroxyl groups is 1. The van der Waals surface area contributed by atoms with Gasteiger partial charge in [-0.25, -0.2) is 0 Å². The largest absolute Gasteiger partial charge is 0.394 e. The number of piperidine rings is 1. The van der Waals surface area contributed by atoms with Crippen molar-refractivity contribution in [2.24, 2.45) is 5.92 Å². The van der Waals surface area contributed by atoms with E-state index in [0.717, 1.165) is 25.1 Å². The average molecular weight is 242 g/mol. The Morgan fingerprint density at radius 2 is 1.88 bits per heavy atom. The molecular formula is C13H26N2O2. The Bertz CT molecular complexity index is 204.